The molecule has 20 heavy (non-hydrogen) atoms. The van der Waals surface area contributed by atoms with Crippen molar-refractivity contribution in [1.29, 1.82) is 0 Å². The van der Waals surface area contributed by atoms with Crippen molar-refractivity contribution in [1.82, 2.24) is 0 Å². The number of rotatable bonds is 4. The molecule has 0 fully saturated rings. The van der Waals surface area contributed by atoms with Crippen LogP contribution in [0.15, 0.2) is 24.3 Å². The van der Waals surface area contributed by atoms with E-state index in [1.165, 1.54) is 0 Å². The van der Waals surface area contributed by atoms with Crippen LogP contribution in [-0.4, -0.2) is 24.4 Å². The molecular formula is C15H21O4P. The van der Waals surface area contributed by atoms with Crippen molar-refractivity contribution in [3.05, 3.63) is 35.4 Å². The SMILES string of the molecule is CC(C)(C)P(C)(=O)OCCC1OC(=O)c2ccccc21. The zero-order valence-electron chi connectivity index (χ0n) is 12.4. The summed E-state index contributed by atoms with van der Waals surface area (Å²) in [5, 5.41) is -0.378. The van der Waals surface area contributed by atoms with Gasteiger partial charge >= 0.3 is 5.97 Å². The minimum Gasteiger partial charge on any atom is -0.454 e. The Bertz CT molecular complexity index is 559. The summed E-state index contributed by atoms with van der Waals surface area (Å²) in [6, 6.07) is 7.35. The molecule has 0 amide bonds. The maximum Gasteiger partial charge on any atom is 0.339 e. The van der Waals surface area contributed by atoms with Gasteiger partial charge in [0.2, 0.25) is 7.37 Å². The molecule has 0 spiro atoms. The maximum atomic E-state index is 12.4. The predicted octanol–water partition coefficient (Wildman–Crippen LogP) is 4.01. The van der Waals surface area contributed by atoms with Gasteiger partial charge in [0.1, 0.15) is 6.10 Å². The van der Waals surface area contributed by atoms with Gasteiger partial charge in [-0.05, 0) is 6.07 Å². The average Bonchev–Trinajstić information content (AvgIpc) is 2.66. The second-order valence-corrected chi connectivity index (χ2v) is 9.41. The van der Waals surface area contributed by atoms with E-state index < -0.39 is 7.37 Å². The van der Waals surface area contributed by atoms with Crippen LogP contribution in [0.4, 0.5) is 0 Å². The van der Waals surface area contributed by atoms with E-state index >= 15 is 0 Å². The van der Waals surface area contributed by atoms with Crippen LogP contribution < -0.4 is 0 Å². The number of hydrogen-bond acceptors (Lipinski definition) is 4. The molecule has 4 nitrogen and oxygen atoms in total. The summed E-state index contributed by atoms with van der Waals surface area (Å²) in [7, 11) is -2.67. The van der Waals surface area contributed by atoms with Crippen LogP contribution in [0.1, 0.15) is 49.2 Å². The van der Waals surface area contributed by atoms with E-state index in [0.717, 1.165) is 5.56 Å². The lowest BCUT2D eigenvalue weighted by atomic mass is 10.0. The lowest BCUT2D eigenvalue weighted by Gasteiger charge is -2.27. The Morgan fingerprint density at radius 2 is 1.95 bits per heavy atom. The number of cyclic esters (lactones) is 1. The molecule has 2 rings (SSSR count). The van der Waals surface area contributed by atoms with Crippen LogP contribution in [-0.2, 0) is 13.8 Å². The molecule has 110 valence electrons. The first-order valence-corrected chi connectivity index (χ1v) is 8.81. The van der Waals surface area contributed by atoms with Crippen LogP contribution >= 0.6 is 7.37 Å². The van der Waals surface area contributed by atoms with E-state index in [1.807, 2.05) is 39.0 Å². The Balaban J connectivity index is 1.97. The summed E-state index contributed by atoms with van der Waals surface area (Å²) in [6.45, 7) is 7.68. The highest BCUT2D eigenvalue weighted by Crippen LogP contribution is 2.55. The van der Waals surface area contributed by atoms with Gasteiger partial charge in [0.25, 0.3) is 0 Å². The summed E-state index contributed by atoms with van der Waals surface area (Å²) in [6.07, 6.45) is 0.232. The van der Waals surface area contributed by atoms with Crippen LogP contribution in [0.3, 0.4) is 0 Å². The highest BCUT2D eigenvalue weighted by Gasteiger charge is 2.34. The maximum absolute atomic E-state index is 12.4. The van der Waals surface area contributed by atoms with Gasteiger partial charge in [-0.15, -0.1) is 0 Å². The zero-order chi connectivity index (χ0) is 15.0. The van der Waals surface area contributed by atoms with Crippen LogP contribution in [0.2, 0.25) is 0 Å². The molecule has 5 heteroatoms. The van der Waals surface area contributed by atoms with Gasteiger partial charge < -0.3 is 9.26 Å². The van der Waals surface area contributed by atoms with Crippen LogP contribution in [0, 0.1) is 0 Å². The summed E-state index contributed by atoms with van der Waals surface area (Å²) in [5.41, 5.74) is 1.51. The number of ether oxygens (including phenoxy) is 1. The van der Waals surface area contributed by atoms with Crippen molar-refractivity contribution >= 4 is 13.3 Å². The topological polar surface area (TPSA) is 52.6 Å². The van der Waals surface area contributed by atoms with E-state index in [0.29, 0.717) is 18.6 Å². The van der Waals surface area contributed by atoms with Crippen LogP contribution in [0.5, 0.6) is 0 Å². The highest BCUT2D eigenvalue weighted by atomic mass is 31.2. The number of fused-ring (bicyclic) bond motifs is 1. The van der Waals surface area contributed by atoms with Crippen molar-refractivity contribution in [2.75, 3.05) is 13.3 Å². The minimum atomic E-state index is -2.67. The average molecular weight is 296 g/mol. The first-order chi connectivity index (χ1) is 9.22. The molecule has 2 unspecified atom stereocenters. The van der Waals surface area contributed by atoms with E-state index in [4.69, 9.17) is 9.26 Å². The molecule has 0 aliphatic carbocycles. The molecule has 0 bridgehead atoms. The van der Waals surface area contributed by atoms with Crippen molar-refractivity contribution in [2.45, 2.75) is 38.5 Å². The van der Waals surface area contributed by atoms with Gasteiger partial charge in [0.05, 0.1) is 12.2 Å². The molecule has 0 radical (unpaired) electrons. The van der Waals surface area contributed by atoms with Gasteiger partial charge in [0, 0.05) is 23.8 Å². The Morgan fingerprint density at radius 3 is 2.60 bits per heavy atom. The standard InChI is InChI=1S/C15H21O4P/c1-15(2,3)20(4,17)18-10-9-13-11-7-5-6-8-12(11)14(16)19-13/h5-8,13H,9-10H2,1-4H3. The van der Waals surface area contributed by atoms with E-state index in [-0.39, 0.29) is 17.2 Å². The Morgan fingerprint density at radius 1 is 1.30 bits per heavy atom. The fourth-order valence-corrected chi connectivity index (χ4v) is 2.80. The van der Waals surface area contributed by atoms with E-state index in [2.05, 4.69) is 0 Å². The number of carbonyl (C=O) groups is 1. The van der Waals surface area contributed by atoms with Crippen molar-refractivity contribution in [3.8, 4) is 0 Å². The van der Waals surface area contributed by atoms with E-state index in [1.54, 1.807) is 12.7 Å². The fraction of sp³-hybridized carbons (Fsp3) is 0.533. The van der Waals surface area contributed by atoms with Gasteiger partial charge in [-0.1, -0.05) is 39.0 Å². The molecule has 1 aromatic carbocycles. The Hall–Kier alpha value is -1.12. The lowest BCUT2D eigenvalue weighted by Crippen LogP contribution is -2.17. The molecule has 1 aliphatic rings. The lowest BCUT2D eigenvalue weighted by molar-refractivity contribution is 0.0340. The summed E-state index contributed by atoms with van der Waals surface area (Å²) in [5.74, 6) is -0.291. The monoisotopic (exact) mass is 296 g/mol. The summed E-state index contributed by atoms with van der Waals surface area (Å²) < 4.78 is 23.3. The second-order valence-electron chi connectivity index (χ2n) is 6.12. The Kier molecular flexibility index (Phi) is 4.08. The van der Waals surface area contributed by atoms with Crippen LogP contribution in [0.25, 0.3) is 0 Å². The van der Waals surface area contributed by atoms with Gasteiger partial charge in [-0.25, -0.2) is 4.79 Å². The molecule has 1 heterocycles. The third kappa shape index (κ3) is 2.97. The molecule has 0 saturated heterocycles. The third-order valence-electron chi connectivity index (χ3n) is 3.71. The Labute approximate surface area is 119 Å². The van der Waals surface area contributed by atoms with Gasteiger partial charge in [-0.3, -0.25) is 4.57 Å². The van der Waals surface area contributed by atoms with Crippen molar-refractivity contribution in [2.24, 2.45) is 0 Å². The highest BCUT2D eigenvalue weighted by molar-refractivity contribution is 7.59. The smallest absolute Gasteiger partial charge is 0.339 e. The number of esters is 1. The van der Waals surface area contributed by atoms with Crippen molar-refractivity contribution in [3.63, 3.8) is 0 Å². The fourth-order valence-electron chi connectivity index (χ4n) is 1.96. The first kappa shape index (κ1) is 15.3. The molecular weight excluding hydrogens is 275 g/mol. The third-order valence-corrected chi connectivity index (χ3v) is 6.83. The zero-order valence-corrected chi connectivity index (χ0v) is 13.3. The second kappa shape index (κ2) is 5.34. The summed E-state index contributed by atoms with van der Waals surface area (Å²) >= 11 is 0. The number of benzene rings is 1. The molecule has 0 N–H and O–H groups in total. The summed E-state index contributed by atoms with van der Waals surface area (Å²) in [4.78, 5) is 11.7. The largest absolute Gasteiger partial charge is 0.454 e. The van der Waals surface area contributed by atoms with Gasteiger partial charge in [0.15, 0.2) is 0 Å². The molecule has 2 atom stereocenters. The predicted molar refractivity (Wildman–Crippen MR) is 78.5 cm³/mol. The molecule has 1 aromatic rings. The first-order valence-electron chi connectivity index (χ1n) is 6.74. The molecule has 0 aromatic heterocycles. The molecule has 1 aliphatic heterocycles. The normalized spacial score (nSPS) is 21.2. The van der Waals surface area contributed by atoms with E-state index in [9.17, 15) is 9.36 Å². The molecule has 0 saturated carbocycles. The van der Waals surface area contributed by atoms with Gasteiger partial charge in [-0.2, -0.15) is 0 Å². The van der Waals surface area contributed by atoms with Crippen molar-refractivity contribution < 1.29 is 18.6 Å². The number of carbonyl (C=O) groups excluding carboxylic acids is 1. The number of hydrogen-bond donors (Lipinski definition) is 0. The quantitative estimate of drug-likeness (QED) is 0.622. The minimum absolute atomic E-state index is 0.291.